The van der Waals surface area contributed by atoms with Gasteiger partial charge in [-0.15, -0.1) is 5.10 Å². The largest absolute Gasteiger partial charge is 0.454 e. The van der Waals surface area contributed by atoms with Crippen molar-refractivity contribution in [2.45, 2.75) is 6.92 Å². The predicted octanol–water partition coefficient (Wildman–Crippen LogP) is 2.09. The average molecular weight is 341 g/mol. The summed E-state index contributed by atoms with van der Waals surface area (Å²) in [6, 6.07) is 9.15. The summed E-state index contributed by atoms with van der Waals surface area (Å²) in [6.45, 7) is 1.76. The lowest BCUT2D eigenvalue weighted by Gasteiger charge is -2.10. The van der Waals surface area contributed by atoms with E-state index in [4.69, 9.17) is 9.47 Å². The Morgan fingerprint density at radius 3 is 2.96 bits per heavy atom. The number of benzene rings is 2. The molecule has 1 aliphatic heterocycles. The van der Waals surface area contributed by atoms with E-state index in [-0.39, 0.29) is 18.0 Å². The number of hydrogen-bond acceptors (Lipinski definition) is 6. The second kappa shape index (κ2) is 5.86. The highest BCUT2D eigenvalue weighted by Crippen LogP contribution is 2.35. The number of halogens is 1. The van der Waals surface area contributed by atoms with Crippen LogP contribution in [-0.4, -0.2) is 32.9 Å². The number of para-hydroxylation sites is 1. The number of aryl methyl sites for hydroxylation is 1. The van der Waals surface area contributed by atoms with E-state index in [9.17, 15) is 9.18 Å². The summed E-state index contributed by atoms with van der Waals surface area (Å²) in [7, 11) is 0. The fourth-order valence-corrected chi connectivity index (χ4v) is 2.51. The van der Waals surface area contributed by atoms with E-state index in [2.05, 4.69) is 20.8 Å². The first-order chi connectivity index (χ1) is 12.1. The molecule has 9 heteroatoms. The average Bonchev–Trinajstić information content (AvgIpc) is 3.25. The standard InChI is InChI=1S/C16H12FN5O3/c1-9-19-20-21-22(9)10-5-6-12(17)13(7-10)18-16(23)11-3-2-4-14-15(11)25-8-24-14/h2-7H,8H2,1H3,(H,18,23). The molecule has 1 aliphatic rings. The molecule has 1 N–H and O–H groups in total. The van der Waals surface area contributed by atoms with Crippen LogP contribution in [0.5, 0.6) is 11.5 Å². The fraction of sp³-hybridized carbons (Fsp3) is 0.125. The van der Waals surface area contributed by atoms with Crippen LogP contribution >= 0.6 is 0 Å². The summed E-state index contributed by atoms with van der Waals surface area (Å²) in [4.78, 5) is 12.5. The molecule has 0 aliphatic carbocycles. The third-order valence-electron chi connectivity index (χ3n) is 3.71. The highest BCUT2D eigenvalue weighted by Gasteiger charge is 2.22. The van der Waals surface area contributed by atoms with Crippen LogP contribution in [0.2, 0.25) is 0 Å². The number of fused-ring (bicyclic) bond motifs is 1. The van der Waals surface area contributed by atoms with E-state index >= 15 is 0 Å². The molecule has 0 saturated carbocycles. The molecule has 2 aromatic carbocycles. The van der Waals surface area contributed by atoms with Gasteiger partial charge in [0.25, 0.3) is 5.91 Å². The van der Waals surface area contributed by atoms with Crippen molar-refractivity contribution in [1.29, 1.82) is 0 Å². The maximum Gasteiger partial charge on any atom is 0.259 e. The van der Waals surface area contributed by atoms with Gasteiger partial charge in [0.1, 0.15) is 5.82 Å². The summed E-state index contributed by atoms with van der Waals surface area (Å²) < 4.78 is 26.1. The van der Waals surface area contributed by atoms with Crippen LogP contribution in [-0.2, 0) is 0 Å². The molecule has 8 nitrogen and oxygen atoms in total. The number of nitrogens with zero attached hydrogens (tertiary/aromatic N) is 4. The van der Waals surface area contributed by atoms with Gasteiger partial charge in [0, 0.05) is 0 Å². The molecule has 0 spiro atoms. The lowest BCUT2D eigenvalue weighted by atomic mass is 10.1. The fourth-order valence-electron chi connectivity index (χ4n) is 2.51. The Bertz CT molecular complexity index is 972. The highest BCUT2D eigenvalue weighted by atomic mass is 19.1. The van der Waals surface area contributed by atoms with E-state index in [0.717, 1.165) is 0 Å². The van der Waals surface area contributed by atoms with Crippen molar-refractivity contribution in [3.05, 3.63) is 53.6 Å². The number of aromatic nitrogens is 4. The van der Waals surface area contributed by atoms with Crippen molar-refractivity contribution in [1.82, 2.24) is 20.2 Å². The topological polar surface area (TPSA) is 91.2 Å². The maximum atomic E-state index is 14.1. The second-order valence-electron chi connectivity index (χ2n) is 5.30. The molecule has 0 radical (unpaired) electrons. The smallest absolute Gasteiger partial charge is 0.259 e. The molecule has 25 heavy (non-hydrogen) atoms. The van der Waals surface area contributed by atoms with Crippen LogP contribution in [0.4, 0.5) is 10.1 Å². The van der Waals surface area contributed by atoms with Crippen LogP contribution in [0.3, 0.4) is 0 Å². The first-order valence-corrected chi connectivity index (χ1v) is 7.38. The zero-order valence-electron chi connectivity index (χ0n) is 13.1. The van der Waals surface area contributed by atoms with Crippen LogP contribution in [0, 0.1) is 12.7 Å². The maximum absolute atomic E-state index is 14.1. The number of amides is 1. The predicted molar refractivity (Wildman–Crippen MR) is 84.4 cm³/mol. The van der Waals surface area contributed by atoms with Crippen LogP contribution < -0.4 is 14.8 Å². The molecule has 0 saturated heterocycles. The number of carbonyl (C=O) groups is 1. The van der Waals surface area contributed by atoms with Gasteiger partial charge < -0.3 is 14.8 Å². The second-order valence-corrected chi connectivity index (χ2v) is 5.30. The van der Waals surface area contributed by atoms with Gasteiger partial charge in [-0.1, -0.05) is 6.07 Å². The van der Waals surface area contributed by atoms with E-state index < -0.39 is 11.7 Å². The Balaban J connectivity index is 1.66. The van der Waals surface area contributed by atoms with Gasteiger partial charge in [0.15, 0.2) is 17.3 Å². The van der Waals surface area contributed by atoms with Gasteiger partial charge in [-0.2, -0.15) is 4.68 Å². The molecule has 4 rings (SSSR count). The third kappa shape index (κ3) is 2.65. The number of tetrazole rings is 1. The van der Waals surface area contributed by atoms with Crippen LogP contribution in [0.15, 0.2) is 36.4 Å². The van der Waals surface area contributed by atoms with Crippen LogP contribution in [0.1, 0.15) is 16.2 Å². The van der Waals surface area contributed by atoms with Gasteiger partial charge >= 0.3 is 0 Å². The molecule has 3 aromatic rings. The van der Waals surface area contributed by atoms with E-state index in [1.807, 2.05) is 0 Å². The molecule has 126 valence electrons. The Hall–Kier alpha value is -3.49. The summed E-state index contributed by atoms with van der Waals surface area (Å²) in [5, 5.41) is 13.7. The normalized spacial score (nSPS) is 12.2. The monoisotopic (exact) mass is 341 g/mol. The van der Waals surface area contributed by atoms with Crippen molar-refractivity contribution in [2.75, 3.05) is 12.1 Å². The number of rotatable bonds is 3. The highest BCUT2D eigenvalue weighted by molar-refractivity contribution is 6.07. The number of carbonyl (C=O) groups excluding carboxylic acids is 1. The minimum absolute atomic E-state index is 0.00826. The molecule has 1 aromatic heterocycles. The van der Waals surface area contributed by atoms with Crippen molar-refractivity contribution in [2.24, 2.45) is 0 Å². The molecular weight excluding hydrogens is 329 g/mol. The Morgan fingerprint density at radius 1 is 1.28 bits per heavy atom. The van der Waals surface area contributed by atoms with Gasteiger partial charge in [-0.25, -0.2) is 4.39 Å². The Morgan fingerprint density at radius 2 is 2.16 bits per heavy atom. The van der Waals surface area contributed by atoms with Crippen molar-refractivity contribution in [3.63, 3.8) is 0 Å². The summed E-state index contributed by atoms with van der Waals surface area (Å²) in [5.41, 5.74) is 0.796. The SMILES string of the molecule is Cc1nnnn1-c1ccc(F)c(NC(=O)c2cccc3c2OCO3)c1. The Labute approximate surface area is 141 Å². The lowest BCUT2D eigenvalue weighted by Crippen LogP contribution is -2.14. The molecule has 1 amide bonds. The van der Waals surface area contributed by atoms with Gasteiger partial charge in [0.05, 0.1) is 16.9 Å². The lowest BCUT2D eigenvalue weighted by molar-refractivity contribution is 0.102. The third-order valence-corrected chi connectivity index (χ3v) is 3.71. The summed E-state index contributed by atoms with van der Waals surface area (Å²) >= 11 is 0. The Kier molecular flexibility index (Phi) is 3.53. The zero-order valence-corrected chi connectivity index (χ0v) is 13.1. The van der Waals surface area contributed by atoms with Gasteiger partial charge in [0.2, 0.25) is 6.79 Å². The number of anilines is 1. The summed E-state index contributed by atoms with van der Waals surface area (Å²) in [6.07, 6.45) is 0. The van der Waals surface area contributed by atoms with Gasteiger partial charge in [-0.3, -0.25) is 4.79 Å². The molecule has 0 unspecified atom stereocenters. The van der Waals surface area contributed by atoms with E-state index in [1.54, 1.807) is 25.1 Å². The van der Waals surface area contributed by atoms with E-state index in [0.29, 0.717) is 23.0 Å². The van der Waals surface area contributed by atoms with Gasteiger partial charge in [-0.05, 0) is 47.7 Å². The zero-order chi connectivity index (χ0) is 17.4. The number of hydrogen-bond donors (Lipinski definition) is 1. The number of ether oxygens (including phenoxy) is 2. The molecule has 2 heterocycles. The molecule has 0 bridgehead atoms. The first kappa shape index (κ1) is 15.1. The first-order valence-electron chi connectivity index (χ1n) is 7.38. The van der Waals surface area contributed by atoms with E-state index in [1.165, 1.54) is 22.9 Å². The van der Waals surface area contributed by atoms with Crippen molar-refractivity contribution >= 4 is 11.6 Å². The minimum atomic E-state index is -0.576. The molecular formula is C16H12FN5O3. The molecule has 0 fully saturated rings. The number of nitrogens with one attached hydrogen (secondary N) is 1. The minimum Gasteiger partial charge on any atom is -0.454 e. The molecule has 0 atom stereocenters. The van der Waals surface area contributed by atoms with Crippen LogP contribution in [0.25, 0.3) is 5.69 Å². The van der Waals surface area contributed by atoms with Crippen molar-refractivity contribution < 1.29 is 18.7 Å². The summed E-state index contributed by atoms with van der Waals surface area (Å²) in [5.74, 6) is 0.272. The van der Waals surface area contributed by atoms with Crippen molar-refractivity contribution in [3.8, 4) is 17.2 Å². The quantitative estimate of drug-likeness (QED) is 0.784.